The quantitative estimate of drug-likeness (QED) is 0.0801. The first-order chi connectivity index (χ1) is 17.8. The Bertz CT molecular complexity index is 827. The van der Waals surface area contributed by atoms with E-state index in [1.807, 2.05) is 6.92 Å². The lowest BCUT2D eigenvalue weighted by Crippen LogP contribution is -2.65. The first-order valence-corrected chi connectivity index (χ1v) is 12.4. The standard InChI is InChI=1S/C23H40N4O11/c1-5-6-9-36-16(30)8-7-14(20(24)32)27-21(33)11(2)25-22(34)12(3)37-19-17(26-13(4)29)23(35)38-15(10-28)18(19)31/h11-12,14-15,17-19,23,28,31,35H,5-10H2,1-4H3,(H2,24,32)(H,25,34)(H,26,29)(H,27,33)/t11-,12?,14+,15+,17+,18+,19+,23?/m0/s1. The minimum absolute atomic E-state index is 0.0905. The van der Waals surface area contributed by atoms with E-state index in [9.17, 15) is 39.3 Å². The molecule has 1 aliphatic rings. The van der Waals surface area contributed by atoms with Crippen LogP contribution in [0.5, 0.6) is 0 Å². The number of hydrogen-bond donors (Lipinski definition) is 7. The molecule has 0 radical (unpaired) electrons. The fourth-order valence-corrected chi connectivity index (χ4v) is 3.58. The van der Waals surface area contributed by atoms with E-state index in [-0.39, 0.29) is 19.4 Å². The molecule has 0 aliphatic carbocycles. The number of primary amides is 1. The van der Waals surface area contributed by atoms with E-state index in [2.05, 4.69) is 16.0 Å². The van der Waals surface area contributed by atoms with Crippen molar-refractivity contribution in [2.75, 3.05) is 13.2 Å². The molecule has 15 heteroatoms. The summed E-state index contributed by atoms with van der Waals surface area (Å²) in [5.74, 6) is -3.52. The van der Waals surface area contributed by atoms with Crippen molar-refractivity contribution in [2.24, 2.45) is 5.73 Å². The lowest BCUT2D eigenvalue weighted by molar-refractivity contribution is -0.266. The van der Waals surface area contributed by atoms with Crippen LogP contribution in [0.25, 0.3) is 0 Å². The fourth-order valence-electron chi connectivity index (χ4n) is 3.58. The third kappa shape index (κ3) is 10.5. The SMILES string of the molecule is CCCCOC(=O)CC[C@@H](NC(=O)[C@H](C)NC(=O)C(C)O[C@H]1[C@H](O)[C@@H](CO)OC(O)[C@@H]1NC(C)=O)C(N)=O. The van der Waals surface area contributed by atoms with E-state index in [0.29, 0.717) is 6.42 Å². The Morgan fingerprint density at radius 2 is 1.74 bits per heavy atom. The Labute approximate surface area is 220 Å². The van der Waals surface area contributed by atoms with Crippen molar-refractivity contribution in [1.82, 2.24) is 16.0 Å². The molecule has 0 bridgehead atoms. The van der Waals surface area contributed by atoms with E-state index < -0.39 is 85.0 Å². The van der Waals surface area contributed by atoms with Gasteiger partial charge in [-0.1, -0.05) is 13.3 Å². The average Bonchev–Trinajstić information content (AvgIpc) is 2.85. The predicted octanol–water partition coefficient (Wildman–Crippen LogP) is -3.07. The van der Waals surface area contributed by atoms with Gasteiger partial charge in [-0.25, -0.2) is 0 Å². The first-order valence-electron chi connectivity index (χ1n) is 12.4. The Kier molecular flexibility index (Phi) is 14.1. The molecular formula is C23H40N4O11. The molecule has 4 amide bonds. The summed E-state index contributed by atoms with van der Waals surface area (Å²) in [6.45, 7) is 5.34. The van der Waals surface area contributed by atoms with E-state index >= 15 is 0 Å². The number of hydrogen-bond acceptors (Lipinski definition) is 11. The van der Waals surface area contributed by atoms with Gasteiger partial charge < -0.3 is 51.2 Å². The zero-order chi connectivity index (χ0) is 29.0. The zero-order valence-corrected chi connectivity index (χ0v) is 22.0. The maximum atomic E-state index is 12.7. The third-order valence-electron chi connectivity index (χ3n) is 5.78. The molecule has 2 unspecified atom stereocenters. The molecule has 1 saturated heterocycles. The van der Waals surface area contributed by atoms with Gasteiger partial charge in [-0.15, -0.1) is 0 Å². The van der Waals surface area contributed by atoms with Gasteiger partial charge >= 0.3 is 5.97 Å². The molecule has 8 atom stereocenters. The number of aliphatic hydroxyl groups is 3. The van der Waals surface area contributed by atoms with Crippen LogP contribution in [0.3, 0.4) is 0 Å². The molecule has 1 rings (SSSR count). The minimum Gasteiger partial charge on any atom is -0.466 e. The number of unbranched alkanes of at least 4 members (excludes halogenated alkanes) is 1. The number of carbonyl (C=O) groups is 5. The van der Waals surface area contributed by atoms with Gasteiger partial charge in [0.1, 0.15) is 42.5 Å². The van der Waals surface area contributed by atoms with Gasteiger partial charge in [-0.3, -0.25) is 24.0 Å². The Hall–Kier alpha value is -2.85. The number of carbonyl (C=O) groups excluding carboxylic acids is 5. The van der Waals surface area contributed by atoms with Crippen LogP contribution in [0.1, 0.15) is 53.4 Å². The van der Waals surface area contributed by atoms with Crippen LogP contribution in [0.4, 0.5) is 0 Å². The van der Waals surface area contributed by atoms with Crippen molar-refractivity contribution in [3.05, 3.63) is 0 Å². The number of ether oxygens (including phenoxy) is 3. The van der Waals surface area contributed by atoms with Gasteiger partial charge in [-0.2, -0.15) is 0 Å². The Balaban J connectivity index is 2.73. The number of nitrogens with two attached hydrogens (primary N) is 1. The molecule has 0 aromatic carbocycles. The number of esters is 1. The van der Waals surface area contributed by atoms with E-state index in [1.165, 1.54) is 20.8 Å². The Morgan fingerprint density at radius 3 is 2.29 bits per heavy atom. The van der Waals surface area contributed by atoms with E-state index in [1.54, 1.807) is 0 Å². The first kappa shape index (κ1) is 33.2. The molecule has 1 aliphatic heterocycles. The topological polar surface area (TPSA) is 236 Å². The molecule has 1 fully saturated rings. The molecule has 218 valence electrons. The van der Waals surface area contributed by atoms with Crippen molar-refractivity contribution in [3.63, 3.8) is 0 Å². The average molecular weight is 549 g/mol. The van der Waals surface area contributed by atoms with E-state index in [0.717, 1.165) is 6.42 Å². The lowest BCUT2D eigenvalue weighted by atomic mass is 9.96. The second-order valence-corrected chi connectivity index (χ2v) is 9.01. The van der Waals surface area contributed by atoms with Crippen molar-refractivity contribution < 1.29 is 53.5 Å². The number of aliphatic hydroxyl groups excluding tert-OH is 3. The molecule has 0 aromatic rings. The summed E-state index contributed by atoms with van der Waals surface area (Å²) in [5.41, 5.74) is 5.33. The van der Waals surface area contributed by atoms with Crippen molar-refractivity contribution >= 4 is 29.6 Å². The minimum atomic E-state index is -1.64. The van der Waals surface area contributed by atoms with Crippen LogP contribution in [-0.2, 0) is 38.2 Å². The molecule has 8 N–H and O–H groups in total. The predicted molar refractivity (Wildman–Crippen MR) is 130 cm³/mol. The van der Waals surface area contributed by atoms with Crippen LogP contribution in [0.2, 0.25) is 0 Å². The molecule has 15 nitrogen and oxygen atoms in total. The summed E-state index contributed by atoms with van der Waals surface area (Å²) in [4.78, 5) is 60.3. The fraction of sp³-hybridized carbons (Fsp3) is 0.783. The van der Waals surface area contributed by atoms with Crippen LogP contribution in [0, 0.1) is 0 Å². The van der Waals surface area contributed by atoms with Gasteiger partial charge in [0.25, 0.3) is 0 Å². The molecule has 1 heterocycles. The van der Waals surface area contributed by atoms with Gasteiger partial charge in [-0.05, 0) is 26.7 Å². The van der Waals surface area contributed by atoms with Gasteiger partial charge in [0.15, 0.2) is 6.29 Å². The van der Waals surface area contributed by atoms with Gasteiger partial charge in [0, 0.05) is 13.3 Å². The summed E-state index contributed by atoms with van der Waals surface area (Å²) in [5, 5.41) is 37.2. The van der Waals surface area contributed by atoms with Crippen molar-refractivity contribution in [1.29, 1.82) is 0 Å². The smallest absolute Gasteiger partial charge is 0.305 e. The van der Waals surface area contributed by atoms with Gasteiger partial charge in [0.05, 0.1) is 13.2 Å². The zero-order valence-electron chi connectivity index (χ0n) is 22.0. The number of nitrogens with one attached hydrogen (secondary N) is 3. The highest BCUT2D eigenvalue weighted by atomic mass is 16.6. The number of rotatable bonds is 15. The summed E-state index contributed by atoms with van der Waals surface area (Å²) in [6.07, 6.45) is -5.73. The Morgan fingerprint density at radius 1 is 1.08 bits per heavy atom. The monoisotopic (exact) mass is 548 g/mol. The van der Waals surface area contributed by atoms with Crippen LogP contribution < -0.4 is 21.7 Å². The van der Waals surface area contributed by atoms with Crippen LogP contribution >= 0.6 is 0 Å². The maximum Gasteiger partial charge on any atom is 0.305 e. The second-order valence-electron chi connectivity index (χ2n) is 9.01. The van der Waals surface area contributed by atoms with Gasteiger partial charge in [0.2, 0.25) is 23.6 Å². The molecule has 38 heavy (non-hydrogen) atoms. The van der Waals surface area contributed by atoms with Crippen molar-refractivity contribution in [2.45, 2.75) is 102 Å². The van der Waals surface area contributed by atoms with E-state index in [4.69, 9.17) is 19.9 Å². The summed E-state index contributed by atoms with van der Waals surface area (Å²) < 4.78 is 15.7. The highest BCUT2D eigenvalue weighted by molar-refractivity contribution is 5.92. The summed E-state index contributed by atoms with van der Waals surface area (Å²) in [6, 6.07) is -3.60. The summed E-state index contributed by atoms with van der Waals surface area (Å²) in [7, 11) is 0. The van der Waals surface area contributed by atoms with Crippen LogP contribution in [-0.4, -0.2) is 107 Å². The largest absolute Gasteiger partial charge is 0.466 e. The molecule has 0 aromatic heterocycles. The van der Waals surface area contributed by atoms with Crippen LogP contribution in [0.15, 0.2) is 0 Å². The lowest BCUT2D eigenvalue weighted by Gasteiger charge is -2.43. The summed E-state index contributed by atoms with van der Waals surface area (Å²) >= 11 is 0. The highest BCUT2D eigenvalue weighted by Gasteiger charge is 2.47. The third-order valence-corrected chi connectivity index (χ3v) is 5.78. The molecule has 0 saturated carbocycles. The normalized spacial score (nSPS) is 25.4. The molecular weight excluding hydrogens is 508 g/mol. The molecule has 0 spiro atoms. The second kappa shape index (κ2) is 16.2. The maximum absolute atomic E-state index is 12.7. The van der Waals surface area contributed by atoms with Crippen molar-refractivity contribution in [3.8, 4) is 0 Å². The highest BCUT2D eigenvalue weighted by Crippen LogP contribution is 2.23. The number of amides is 4.